The maximum atomic E-state index is 2.57. The number of hydrogen-bond donors (Lipinski definition) is 0. The summed E-state index contributed by atoms with van der Waals surface area (Å²) in [5.74, 6) is 1.02. The zero-order valence-electron chi connectivity index (χ0n) is 5.06. The monoisotopic (exact) mass is 349 g/mol. The predicted molar refractivity (Wildman–Crippen MR) is 54.8 cm³/mol. The fourth-order valence-electron chi connectivity index (χ4n) is 1.87. The highest BCUT2D eigenvalue weighted by Gasteiger charge is 2.43. The minimum atomic E-state index is 0.835. The fourth-order valence-corrected chi connectivity index (χ4v) is 3.94. The van der Waals surface area contributed by atoms with Gasteiger partial charge >= 0.3 is 0 Å². The van der Waals surface area contributed by atoms with Gasteiger partial charge in [-0.1, -0.05) is 22.6 Å². The van der Waals surface area contributed by atoms with Gasteiger partial charge in [0.2, 0.25) is 0 Å². The van der Waals surface area contributed by atoms with Crippen LogP contribution in [0.4, 0.5) is 0 Å². The van der Waals surface area contributed by atoms with Crippen LogP contribution in [0.2, 0.25) is 0 Å². The maximum absolute atomic E-state index is 2.57. The summed E-state index contributed by atoms with van der Waals surface area (Å²) in [5.41, 5.74) is 0. The van der Waals surface area contributed by atoms with E-state index < -0.39 is 0 Å². The van der Waals surface area contributed by atoms with E-state index in [0.29, 0.717) is 0 Å². The summed E-state index contributed by atoms with van der Waals surface area (Å²) in [6, 6.07) is 0.928. The quantitative estimate of drug-likeness (QED) is 0.281. The van der Waals surface area contributed by atoms with Crippen molar-refractivity contribution in [3.8, 4) is 0 Å². The molecule has 1 saturated carbocycles. The average molecular weight is 349 g/mol. The van der Waals surface area contributed by atoms with Gasteiger partial charge in [0.15, 0.2) is 0 Å². The molecule has 0 aromatic rings. The number of rotatable bonds is 0. The van der Waals surface area contributed by atoms with E-state index in [4.69, 9.17) is 0 Å². The summed E-state index contributed by atoms with van der Waals surface area (Å²) in [5, 5.41) is 0. The molecule has 1 aliphatic carbocycles. The molecule has 52 valence electrons. The lowest BCUT2D eigenvalue weighted by molar-refractivity contribution is 0.379. The summed E-state index contributed by atoms with van der Waals surface area (Å²) in [4.78, 5) is 0. The van der Waals surface area contributed by atoms with Crippen molar-refractivity contribution in [2.75, 3.05) is 0 Å². The normalized spacial score (nSPS) is 50.7. The zero-order chi connectivity index (χ0) is 6.43. The molecule has 0 N–H and O–H groups in total. The van der Waals surface area contributed by atoms with E-state index in [2.05, 4.69) is 48.6 Å². The number of piperidine rings is 1. The van der Waals surface area contributed by atoms with Gasteiger partial charge in [-0.3, -0.25) is 0 Å². The van der Waals surface area contributed by atoms with Crippen LogP contribution in [0.5, 0.6) is 0 Å². The molecule has 0 spiro atoms. The van der Waals surface area contributed by atoms with Gasteiger partial charge in [-0.2, -0.15) is 0 Å². The lowest BCUT2D eigenvalue weighted by Crippen LogP contribution is -2.27. The lowest BCUT2D eigenvalue weighted by Gasteiger charge is -2.24. The van der Waals surface area contributed by atoms with E-state index >= 15 is 0 Å². The predicted octanol–water partition coefficient (Wildman–Crippen LogP) is 2.58. The second-order valence-corrected chi connectivity index (χ2v) is 5.33. The number of hydrogen-bond acceptors (Lipinski definition) is 1. The molecule has 1 nitrogen and oxygen atoms in total. The van der Waals surface area contributed by atoms with Gasteiger partial charge in [0.25, 0.3) is 0 Å². The molecule has 0 radical (unpaired) electrons. The van der Waals surface area contributed by atoms with Gasteiger partial charge in [-0.25, -0.2) is 3.11 Å². The molecule has 3 atom stereocenters. The summed E-state index contributed by atoms with van der Waals surface area (Å²) < 4.78 is 3.34. The van der Waals surface area contributed by atoms with Crippen molar-refractivity contribution < 1.29 is 0 Å². The standard InChI is InChI=1S/C6H9I2N/c7-6-4-1-2-5(3-4)9(6)8/h4-6H,1-3H2. The Labute approximate surface area is 83.2 Å². The van der Waals surface area contributed by atoms with Crippen LogP contribution in [0.1, 0.15) is 19.3 Å². The highest BCUT2D eigenvalue weighted by molar-refractivity contribution is 14.1. The lowest BCUT2D eigenvalue weighted by atomic mass is 10.1. The van der Waals surface area contributed by atoms with Crippen LogP contribution in [0.15, 0.2) is 0 Å². The average Bonchev–Trinajstić information content (AvgIpc) is 2.37. The first-order valence-corrected chi connectivity index (χ1v) is 5.58. The van der Waals surface area contributed by atoms with E-state index in [-0.39, 0.29) is 0 Å². The third-order valence-corrected chi connectivity index (χ3v) is 6.49. The van der Waals surface area contributed by atoms with E-state index in [1.54, 1.807) is 0 Å². The molecule has 3 heteroatoms. The first-order valence-electron chi connectivity index (χ1n) is 3.37. The third-order valence-electron chi connectivity index (χ3n) is 2.42. The summed E-state index contributed by atoms with van der Waals surface area (Å²) in [7, 11) is 0. The molecule has 2 aliphatic rings. The van der Waals surface area contributed by atoms with Crippen LogP contribution < -0.4 is 0 Å². The molecule has 0 aromatic heterocycles. The number of nitrogens with zero attached hydrogens (tertiary/aromatic N) is 1. The maximum Gasteiger partial charge on any atom is 0.0740 e. The van der Waals surface area contributed by atoms with Gasteiger partial charge in [-0.15, -0.1) is 0 Å². The van der Waals surface area contributed by atoms with E-state index in [1.807, 2.05) is 0 Å². The Bertz CT molecular complexity index is 110. The fraction of sp³-hybridized carbons (Fsp3) is 1.00. The van der Waals surface area contributed by atoms with Crippen molar-refractivity contribution in [1.29, 1.82) is 0 Å². The topological polar surface area (TPSA) is 3.24 Å². The molecule has 1 heterocycles. The van der Waals surface area contributed by atoms with Gasteiger partial charge in [0.05, 0.1) is 4.05 Å². The molecule has 2 rings (SSSR count). The van der Waals surface area contributed by atoms with Crippen LogP contribution in [0.25, 0.3) is 0 Å². The molecule has 2 fully saturated rings. The molecule has 9 heavy (non-hydrogen) atoms. The van der Waals surface area contributed by atoms with Crippen LogP contribution >= 0.6 is 45.5 Å². The van der Waals surface area contributed by atoms with Gasteiger partial charge < -0.3 is 0 Å². The Morgan fingerprint density at radius 2 is 2.11 bits per heavy atom. The Balaban J connectivity index is 2.15. The van der Waals surface area contributed by atoms with Gasteiger partial charge in [-0.05, 0) is 25.2 Å². The van der Waals surface area contributed by atoms with Crippen molar-refractivity contribution in [2.24, 2.45) is 5.92 Å². The van der Waals surface area contributed by atoms with E-state index in [1.165, 1.54) is 19.3 Å². The molecule has 2 bridgehead atoms. The smallest absolute Gasteiger partial charge is 0.0740 e. The van der Waals surface area contributed by atoms with Crippen LogP contribution in [-0.4, -0.2) is 13.2 Å². The Morgan fingerprint density at radius 1 is 1.33 bits per heavy atom. The zero-order valence-corrected chi connectivity index (χ0v) is 9.37. The Morgan fingerprint density at radius 3 is 2.44 bits per heavy atom. The molecule has 1 saturated heterocycles. The molecule has 3 unspecified atom stereocenters. The first-order chi connectivity index (χ1) is 4.29. The molecular weight excluding hydrogens is 340 g/mol. The Kier molecular flexibility index (Phi) is 1.95. The van der Waals surface area contributed by atoms with Crippen LogP contribution in [-0.2, 0) is 0 Å². The van der Waals surface area contributed by atoms with E-state index in [0.717, 1.165) is 16.0 Å². The van der Waals surface area contributed by atoms with Crippen LogP contribution in [0.3, 0.4) is 0 Å². The van der Waals surface area contributed by atoms with Crippen molar-refractivity contribution in [3.63, 3.8) is 0 Å². The van der Waals surface area contributed by atoms with Gasteiger partial charge in [0, 0.05) is 28.9 Å². The largest absolute Gasteiger partial charge is 0.231 e. The highest BCUT2D eigenvalue weighted by atomic mass is 127. The molecule has 0 aromatic carbocycles. The summed E-state index contributed by atoms with van der Waals surface area (Å²) in [6.45, 7) is 0. The second-order valence-electron chi connectivity index (χ2n) is 2.94. The minimum Gasteiger partial charge on any atom is -0.231 e. The number of alkyl halides is 1. The highest BCUT2D eigenvalue weighted by Crippen LogP contribution is 2.46. The van der Waals surface area contributed by atoms with Crippen molar-refractivity contribution >= 4 is 45.5 Å². The van der Waals surface area contributed by atoms with E-state index in [9.17, 15) is 0 Å². The SMILES string of the molecule is IC1C2CCC(C2)N1I. The molecule has 1 aliphatic heterocycles. The summed E-state index contributed by atoms with van der Waals surface area (Å²) >= 11 is 5.05. The third kappa shape index (κ3) is 1.03. The van der Waals surface area contributed by atoms with Crippen molar-refractivity contribution in [3.05, 3.63) is 0 Å². The molecule has 0 amide bonds. The number of fused-ring (bicyclic) bond motifs is 2. The summed E-state index contributed by atoms with van der Waals surface area (Å²) in [6.07, 6.45) is 4.40. The first kappa shape index (κ1) is 7.09. The molecular formula is C6H9I2N. The van der Waals surface area contributed by atoms with Gasteiger partial charge in [0.1, 0.15) is 0 Å². The Hall–Kier alpha value is 1.42. The van der Waals surface area contributed by atoms with Crippen molar-refractivity contribution in [1.82, 2.24) is 3.11 Å². The minimum absolute atomic E-state index is 0.835. The van der Waals surface area contributed by atoms with Crippen LogP contribution in [0, 0.1) is 5.92 Å². The van der Waals surface area contributed by atoms with Crippen molar-refractivity contribution in [2.45, 2.75) is 29.4 Å². The second kappa shape index (κ2) is 2.48. The number of halogens is 2.